The minimum atomic E-state index is -1.06. The molecule has 0 fully saturated rings. The van der Waals surface area contributed by atoms with E-state index in [0.29, 0.717) is 6.54 Å². The summed E-state index contributed by atoms with van der Waals surface area (Å²) in [7, 11) is 0. The maximum atomic E-state index is 11.9. The summed E-state index contributed by atoms with van der Waals surface area (Å²) < 4.78 is 4.97. The Bertz CT molecular complexity index is 413. The van der Waals surface area contributed by atoms with Crippen molar-refractivity contribution in [1.82, 2.24) is 4.90 Å². The summed E-state index contributed by atoms with van der Waals surface area (Å²) in [5.41, 5.74) is 0. The number of carbonyl (C=O) groups is 2. The first-order chi connectivity index (χ1) is 7.90. The number of nitrogens with zero attached hydrogens (tertiary/aromatic N) is 1. The Hall–Kier alpha value is -1.49. The zero-order valence-corrected chi connectivity index (χ0v) is 10.4. The van der Waals surface area contributed by atoms with Gasteiger partial charge in [-0.15, -0.1) is 0 Å². The van der Waals surface area contributed by atoms with Crippen LogP contribution < -0.4 is 0 Å². The smallest absolute Gasteiger partial charge is 0.323 e. The van der Waals surface area contributed by atoms with Crippen molar-refractivity contribution in [2.75, 3.05) is 13.1 Å². The number of halogens is 1. The number of hydrogen-bond acceptors (Lipinski definition) is 3. The Labute approximate surface area is 104 Å². The molecular formula is C11H14ClNO4. The number of hydrogen-bond donors (Lipinski definition) is 1. The van der Waals surface area contributed by atoms with Crippen LogP contribution in [-0.2, 0) is 4.79 Å². The number of rotatable bonds is 5. The minimum Gasteiger partial charge on any atom is -0.480 e. The van der Waals surface area contributed by atoms with Gasteiger partial charge in [0.25, 0.3) is 5.91 Å². The third-order valence-electron chi connectivity index (χ3n) is 1.98. The molecule has 6 heteroatoms. The van der Waals surface area contributed by atoms with E-state index in [1.54, 1.807) is 0 Å². The van der Waals surface area contributed by atoms with E-state index < -0.39 is 11.9 Å². The van der Waals surface area contributed by atoms with Gasteiger partial charge in [0.2, 0.25) is 0 Å². The molecule has 1 rings (SSSR count). The van der Waals surface area contributed by atoms with E-state index in [4.69, 9.17) is 21.1 Å². The molecule has 0 aromatic carbocycles. The molecule has 1 amide bonds. The van der Waals surface area contributed by atoms with Crippen molar-refractivity contribution in [2.24, 2.45) is 5.92 Å². The first kappa shape index (κ1) is 13.6. The van der Waals surface area contributed by atoms with Crippen molar-refractivity contribution >= 4 is 23.5 Å². The van der Waals surface area contributed by atoms with Crippen molar-refractivity contribution in [3.05, 3.63) is 23.1 Å². The van der Waals surface area contributed by atoms with Crippen LogP contribution in [0.15, 0.2) is 16.5 Å². The van der Waals surface area contributed by atoms with E-state index in [-0.39, 0.29) is 23.4 Å². The molecule has 5 nitrogen and oxygen atoms in total. The Kier molecular flexibility index (Phi) is 4.57. The SMILES string of the molecule is CC(C)CN(CC(=O)O)C(=O)c1ccc(Cl)o1. The summed E-state index contributed by atoms with van der Waals surface area (Å²) in [5, 5.41) is 8.85. The molecule has 1 N–H and O–H groups in total. The number of furan rings is 1. The molecule has 0 aliphatic rings. The average Bonchev–Trinajstić information content (AvgIpc) is 2.61. The van der Waals surface area contributed by atoms with Gasteiger partial charge in [-0.3, -0.25) is 9.59 Å². The minimum absolute atomic E-state index is 0.0527. The Morgan fingerprint density at radius 3 is 2.53 bits per heavy atom. The molecular weight excluding hydrogens is 246 g/mol. The van der Waals surface area contributed by atoms with Crippen LogP contribution in [0.3, 0.4) is 0 Å². The quantitative estimate of drug-likeness (QED) is 0.879. The Balaban J connectivity index is 2.82. The topological polar surface area (TPSA) is 70.8 Å². The van der Waals surface area contributed by atoms with E-state index in [9.17, 15) is 9.59 Å². The number of amides is 1. The molecule has 17 heavy (non-hydrogen) atoms. The van der Waals surface area contributed by atoms with Crippen LogP contribution >= 0.6 is 11.6 Å². The maximum absolute atomic E-state index is 11.9. The normalized spacial score (nSPS) is 10.6. The van der Waals surface area contributed by atoms with Crippen LogP contribution in [-0.4, -0.2) is 35.0 Å². The molecule has 0 spiro atoms. The van der Waals surface area contributed by atoms with Crippen LogP contribution in [0.4, 0.5) is 0 Å². The van der Waals surface area contributed by atoms with Crippen LogP contribution in [0.2, 0.25) is 5.22 Å². The summed E-state index contributed by atoms with van der Waals surface area (Å²) >= 11 is 5.57. The van der Waals surface area contributed by atoms with Gasteiger partial charge >= 0.3 is 5.97 Å². The molecule has 94 valence electrons. The van der Waals surface area contributed by atoms with Crippen LogP contribution in [0.25, 0.3) is 0 Å². The second-order valence-electron chi connectivity index (χ2n) is 4.08. The molecule has 0 bridgehead atoms. The third kappa shape index (κ3) is 4.11. The first-order valence-corrected chi connectivity index (χ1v) is 5.54. The largest absolute Gasteiger partial charge is 0.480 e. The van der Waals surface area contributed by atoms with Gasteiger partial charge in [0, 0.05) is 6.54 Å². The van der Waals surface area contributed by atoms with Crippen LogP contribution in [0.5, 0.6) is 0 Å². The lowest BCUT2D eigenvalue weighted by atomic mass is 10.2. The number of carboxylic acids is 1. The molecule has 0 aliphatic carbocycles. The second-order valence-corrected chi connectivity index (χ2v) is 4.45. The van der Waals surface area contributed by atoms with Gasteiger partial charge in [0.1, 0.15) is 6.54 Å². The summed E-state index contributed by atoms with van der Waals surface area (Å²) in [4.78, 5) is 23.8. The second kappa shape index (κ2) is 5.72. The van der Waals surface area contributed by atoms with Gasteiger partial charge < -0.3 is 14.4 Å². The van der Waals surface area contributed by atoms with E-state index in [0.717, 1.165) is 0 Å². The lowest BCUT2D eigenvalue weighted by Gasteiger charge is -2.21. The van der Waals surface area contributed by atoms with Crippen molar-refractivity contribution in [3.8, 4) is 0 Å². The molecule has 0 aliphatic heterocycles. The van der Waals surface area contributed by atoms with Crippen LogP contribution in [0.1, 0.15) is 24.4 Å². The summed E-state index contributed by atoms with van der Waals surface area (Å²) in [6, 6.07) is 2.88. The number of carboxylic acid groups (broad SMARTS) is 1. The highest BCUT2D eigenvalue weighted by atomic mass is 35.5. The molecule has 1 aromatic rings. The van der Waals surface area contributed by atoms with Gasteiger partial charge in [0.05, 0.1) is 0 Å². The fraction of sp³-hybridized carbons (Fsp3) is 0.455. The van der Waals surface area contributed by atoms with Gasteiger partial charge in [-0.05, 0) is 29.7 Å². The zero-order chi connectivity index (χ0) is 13.0. The summed E-state index contributed by atoms with van der Waals surface area (Å²) in [5.74, 6) is -1.30. The van der Waals surface area contributed by atoms with Gasteiger partial charge in [-0.25, -0.2) is 0 Å². The van der Waals surface area contributed by atoms with Gasteiger partial charge in [0.15, 0.2) is 11.0 Å². The van der Waals surface area contributed by atoms with E-state index in [2.05, 4.69) is 0 Å². The zero-order valence-electron chi connectivity index (χ0n) is 9.64. The lowest BCUT2D eigenvalue weighted by molar-refractivity contribution is -0.137. The molecule has 0 unspecified atom stereocenters. The van der Waals surface area contributed by atoms with Crippen molar-refractivity contribution in [1.29, 1.82) is 0 Å². The van der Waals surface area contributed by atoms with Crippen molar-refractivity contribution in [3.63, 3.8) is 0 Å². The predicted molar refractivity (Wildman–Crippen MR) is 62.1 cm³/mol. The van der Waals surface area contributed by atoms with Gasteiger partial charge in [-0.2, -0.15) is 0 Å². The molecule has 0 saturated heterocycles. The molecule has 0 saturated carbocycles. The highest BCUT2D eigenvalue weighted by Crippen LogP contribution is 2.15. The fourth-order valence-corrected chi connectivity index (χ4v) is 1.55. The molecule has 0 atom stereocenters. The fourth-order valence-electron chi connectivity index (χ4n) is 1.41. The third-order valence-corrected chi connectivity index (χ3v) is 2.19. The molecule has 0 radical (unpaired) electrons. The molecule has 1 aromatic heterocycles. The highest BCUT2D eigenvalue weighted by Gasteiger charge is 2.22. The number of carbonyl (C=O) groups excluding carboxylic acids is 1. The average molecular weight is 260 g/mol. The lowest BCUT2D eigenvalue weighted by Crippen LogP contribution is -2.38. The molecule has 1 heterocycles. The van der Waals surface area contributed by atoms with Crippen molar-refractivity contribution < 1.29 is 19.1 Å². The van der Waals surface area contributed by atoms with Crippen LogP contribution in [0, 0.1) is 5.92 Å². The predicted octanol–water partition coefficient (Wildman–Crippen LogP) is 2.12. The Morgan fingerprint density at radius 1 is 1.47 bits per heavy atom. The first-order valence-electron chi connectivity index (χ1n) is 5.16. The van der Waals surface area contributed by atoms with E-state index in [1.807, 2.05) is 13.8 Å². The monoisotopic (exact) mass is 259 g/mol. The van der Waals surface area contributed by atoms with E-state index in [1.165, 1.54) is 17.0 Å². The number of aliphatic carboxylic acids is 1. The summed E-state index contributed by atoms with van der Waals surface area (Å²) in [6.45, 7) is 3.80. The van der Waals surface area contributed by atoms with Gasteiger partial charge in [-0.1, -0.05) is 13.8 Å². The highest BCUT2D eigenvalue weighted by molar-refractivity contribution is 6.29. The standard InChI is InChI=1S/C11H14ClNO4/c1-7(2)5-13(6-10(14)15)11(16)8-3-4-9(12)17-8/h3-4,7H,5-6H2,1-2H3,(H,14,15). The summed E-state index contributed by atoms with van der Waals surface area (Å²) in [6.07, 6.45) is 0. The maximum Gasteiger partial charge on any atom is 0.323 e. The Morgan fingerprint density at radius 2 is 2.12 bits per heavy atom. The van der Waals surface area contributed by atoms with Crippen molar-refractivity contribution in [2.45, 2.75) is 13.8 Å². The van der Waals surface area contributed by atoms with E-state index >= 15 is 0 Å².